The maximum absolute atomic E-state index is 12.6. The molecule has 2 heterocycles. The van der Waals surface area contributed by atoms with Gasteiger partial charge in [-0.3, -0.25) is 9.59 Å². The molecule has 0 bridgehead atoms. The first kappa shape index (κ1) is 16.2. The molecule has 21 heavy (non-hydrogen) atoms. The molecule has 0 aromatic carbocycles. The molecule has 0 spiro atoms. The van der Waals surface area contributed by atoms with Crippen LogP contribution in [0.15, 0.2) is 0 Å². The van der Waals surface area contributed by atoms with Crippen molar-refractivity contribution < 1.29 is 19.1 Å². The fraction of sp³-hybridized carbons (Fsp3) is 0.857. The molecule has 0 aliphatic carbocycles. The van der Waals surface area contributed by atoms with Crippen LogP contribution in [0.3, 0.4) is 0 Å². The van der Waals surface area contributed by atoms with E-state index in [1.165, 1.54) is 7.11 Å². The Morgan fingerprint density at radius 2 is 2.10 bits per heavy atom. The van der Waals surface area contributed by atoms with Gasteiger partial charge >= 0.3 is 0 Å². The van der Waals surface area contributed by atoms with Crippen molar-refractivity contribution in [2.45, 2.75) is 31.8 Å². The van der Waals surface area contributed by atoms with Crippen molar-refractivity contribution in [2.24, 2.45) is 11.1 Å². The lowest BCUT2D eigenvalue weighted by Gasteiger charge is -2.37. The van der Waals surface area contributed by atoms with Crippen LogP contribution in [0, 0.1) is 5.41 Å². The third-order valence-corrected chi connectivity index (χ3v) is 4.43. The largest absolute Gasteiger partial charge is 0.379 e. The number of likely N-dealkylation sites (tertiary alicyclic amines) is 1. The van der Waals surface area contributed by atoms with Gasteiger partial charge in [-0.25, -0.2) is 0 Å². The Morgan fingerprint density at radius 1 is 1.43 bits per heavy atom. The van der Waals surface area contributed by atoms with Crippen LogP contribution in [0.5, 0.6) is 0 Å². The number of hydrogen-bond acceptors (Lipinski definition) is 5. The number of carbonyl (C=O) groups excluding carboxylic acids is 2. The second kappa shape index (κ2) is 6.72. The number of nitrogens with two attached hydrogens (primary N) is 1. The van der Waals surface area contributed by atoms with Crippen LogP contribution in [0.4, 0.5) is 0 Å². The number of nitrogens with zero attached hydrogens (tertiary/aromatic N) is 1. The SMILES string of the molecule is COCC(=O)NC1CCN(C(=O)C2(C)COCC2N)CC1. The number of amides is 2. The predicted molar refractivity (Wildman–Crippen MR) is 76.5 cm³/mol. The average molecular weight is 299 g/mol. The molecule has 0 saturated carbocycles. The highest BCUT2D eigenvalue weighted by Gasteiger charge is 2.46. The van der Waals surface area contributed by atoms with Crippen LogP contribution in [0.2, 0.25) is 0 Å². The first-order chi connectivity index (χ1) is 9.97. The van der Waals surface area contributed by atoms with Crippen LogP contribution in [0.25, 0.3) is 0 Å². The first-order valence-electron chi connectivity index (χ1n) is 7.38. The first-order valence-corrected chi connectivity index (χ1v) is 7.38. The molecule has 2 rings (SSSR count). The standard InChI is InChI=1S/C14H25N3O4/c1-14(9-21-7-11(14)15)13(19)17-5-3-10(4-6-17)16-12(18)8-20-2/h10-11H,3-9,15H2,1-2H3,(H,16,18). The lowest BCUT2D eigenvalue weighted by Crippen LogP contribution is -2.55. The zero-order chi connectivity index (χ0) is 15.5. The monoisotopic (exact) mass is 299 g/mol. The number of piperidine rings is 1. The van der Waals surface area contributed by atoms with Gasteiger partial charge in [0.1, 0.15) is 6.61 Å². The van der Waals surface area contributed by atoms with Gasteiger partial charge < -0.3 is 25.4 Å². The molecule has 2 amide bonds. The number of rotatable bonds is 4. The Kier molecular flexibility index (Phi) is 5.18. The summed E-state index contributed by atoms with van der Waals surface area (Å²) < 4.78 is 10.1. The molecule has 0 aromatic heterocycles. The second-order valence-electron chi connectivity index (χ2n) is 6.11. The third-order valence-electron chi connectivity index (χ3n) is 4.43. The van der Waals surface area contributed by atoms with Gasteiger partial charge in [0, 0.05) is 32.3 Å². The molecule has 0 aromatic rings. The molecular weight excluding hydrogens is 274 g/mol. The summed E-state index contributed by atoms with van der Waals surface area (Å²) in [5, 5.41) is 2.92. The average Bonchev–Trinajstić information content (AvgIpc) is 2.80. The lowest BCUT2D eigenvalue weighted by atomic mass is 9.83. The van der Waals surface area contributed by atoms with Crippen molar-refractivity contribution in [1.29, 1.82) is 0 Å². The van der Waals surface area contributed by atoms with Gasteiger partial charge in [-0.1, -0.05) is 0 Å². The number of methoxy groups -OCH3 is 1. The Bertz CT molecular complexity index is 396. The van der Waals surface area contributed by atoms with Crippen LogP contribution >= 0.6 is 0 Å². The molecule has 2 fully saturated rings. The summed E-state index contributed by atoms with van der Waals surface area (Å²) in [6.07, 6.45) is 1.51. The minimum atomic E-state index is -0.619. The van der Waals surface area contributed by atoms with E-state index in [9.17, 15) is 9.59 Å². The fourth-order valence-corrected chi connectivity index (χ4v) is 2.90. The Labute approximate surface area is 125 Å². The molecule has 0 radical (unpaired) electrons. The van der Waals surface area contributed by atoms with Gasteiger partial charge in [0.15, 0.2) is 0 Å². The van der Waals surface area contributed by atoms with Crippen molar-refractivity contribution in [1.82, 2.24) is 10.2 Å². The topological polar surface area (TPSA) is 93.9 Å². The van der Waals surface area contributed by atoms with E-state index in [0.717, 1.165) is 12.8 Å². The number of carbonyl (C=O) groups is 2. The molecule has 7 nitrogen and oxygen atoms in total. The van der Waals surface area contributed by atoms with E-state index in [1.54, 1.807) is 0 Å². The summed E-state index contributed by atoms with van der Waals surface area (Å²) in [5.74, 6) is -0.0466. The zero-order valence-corrected chi connectivity index (χ0v) is 12.8. The van der Waals surface area contributed by atoms with E-state index in [0.29, 0.717) is 26.3 Å². The van der Waals surface area contributed by atoms with Gasteiger partial charge in [-0.05, 0) is 19.8 Å². The normalized spacial score (nSPS) is 30.4. The highest BCUT2D eigenvalue weighted by atomic mass is 16.5. The van der Waals surface area contributed by atoms with E-state index in [2.05, 4.69) is 5.32 Å². The second-order valence-corrected chi connectivity index (χ2v) is 6.11. The van der Waals surface area contributed by atoms with E-state index in [-0.39, 0.29) is 30.5 Å². The summed E-state index contributed by atoms with van der Waals surface area (Å²) in [6, 6.07) is -0.137. The molecular formula is C14H25N3O4. The Hall–Kier alpha value is -1.18. The van der Waals surface area contributed by atoms with Crippen LogP contribution in [-0.4, -0.2) is 68.8 Å². The third kappa shape index (κ3) is 3.53. The highest BCUT2D eigenvalue weighted by molar-refractivity contribution is 5.84. The molecule has 2 unspecified atom stereocenters. The number of nitrogens with one attached hydrogen (secondary N) is 1. The van der Waals surface area contributed by atoms with E-state index < -0.39 is 5.41 Å². The number of hydrogen-bond donors (Lipinski definition) is 2. The molecule has 3 N–H and O–H groups in total. The maximum Gasteiger partial charge on any atom is 0.246 e. The highest BCUT2D eigenvalue weighted by Crippen LogP contribution is 2.30. The lowest BCUT2D eigenvalue weighted by molar-refractivity contribution is -0.143. The van der Waals surface area contributed by atoms with Crippen LogP contribution < -0.4 is 11.1 Å². The van der Waals surface area contributed by atoms with E-state index in [4.69, 9.17) is 15.2 Å². The summed E-state index contributed by atoms with van der Waals surface area (Å²) in [5.41, 5.74) is 5.39. The summed E-state index contributed by atoms with van der Waals surface area (Å²) in [4.78, 5) is 25.9. The Balaban J connectivity index is 1.83. The van der Waals surface area contributed by atoms with Crippen molar-refractivity contribution in [2.75, 3.05) is 40.0 Å². The molecule has 2 aliphatic rings. The minimum Gasteiger partial charge on any atom is -0.379 e. The van der Waals surface area contributed by atoms with Crippen LogP contribution in [-0.2, 0) is 19.1 Å². The van der Waals surface area contributed by atoms with Gasteiger partial charge in [0.25, 0.3) is 0 Å². The van der Waals surface area contributed by atoms with Gasteiger partial charge in [0.2, 0.25) is 11.8 Å². The van der Waals surface area contributed by atoms with Gasteiger partial charge in [-0.15, -0.1) is 0 Å². The van der Waals surface area contributed by atoms with Crippen molar-refractivity contribution in [3.8, 4) is 0 Å². The van der Waals surface area contributed by atoms with E-state index >= 15 is 0 Å². The minimum absolute atomic E-state index is 0.0640. The number of ether oxygens (including phenoxy) is 2. The summed E-state index contributed by atoms with van der Waals surface area (Å²) in [7, 11) is 1.49. The van der Waals surface area contributed by atoms with Crippen molar-refractivity contribution in [3.05, 3.63) is 0 Å². The summed E-state index contributed by atoms with van der Waals surface area (Å²) in [6.45, 7) is 4.05. The predicted octanol–water partition coefficient (Wildman–Crippen LogP) is -0.896. The molecule has 2 saturated heterocycles. The zero-order valence-electron chi connectivity index (χ0n) is 12.8. The molecule has 2 atom stereocenters. The van der Waals surface area contributed by atoms with Crippen LogP contribution in [0.1, 0.15) is 19.8 Å². The maximum atomic E-state index is 12.6. The van der Waals surface area contributed by atoms with Gasteiger partial charge in [-0.2, -0.15) is 0 Å². The van der Waals surface area contributed by atoms with Crippen molar-refractivity contribution >= 4 is 11.8 Å². The molecule has 2 aliphatic heterocycles. The molecule has 120 valence electrons. The van der Waals surface area contributed by atoms with Gasteiger partial charge in [0.05, 0.1) is 18.6 Å². The fourth-order valence-electron chi connectivity index (χ4n) is 2.90. The smallest absolute Gasteiger partial charge is 0.246 e. The Morgan fingerprint density at radius 3 is 2.62 bits per heavy atom. The molecule has 7 heteroatoms. The summed E-state index contributed by atoms with van der Waals surface area (Å²) >= 11 is 0. The van der Waals surface area contributed by atoms with Crippen molar-refractivity contribution in [3.63, 3.8) is 0 Å². The quantitative estimate of drug-likeness (QED) is 0.702. The van der Waals surface area contributed by atoms with E-state index in [1.807, 2.05) is 11.8 Å².